The van der Waals surface area contributed by atoms with E-state index in [0.29, 0.717) is 11.5 Å². The Morgan fingerprint density at radius 3 is 2.86 bits per heavy atom. The van der Waals surface area contributed by atoms with Gasteiger partial charge in [0.15, 0.2) is 0 Å². The van der Waals surface area contributed by atoms with E-state index in [1.165, 1.54) is 6.20 Å². The van der Waals surface area contributed by atoms with Crippen molar-refractivity contribution in [2.75, 3.05) is 11.9 Å². The van der Waals surface area contributed by atoms with E-state index >= 15 is 0 Å². The average Bonchev–Trinajstić information content (AvgIpc) is 2.16. The van der Waals surface area contributed by atoms with Crippen LogP contribution in [0.2, 0.25) is 0 Å². The van der Waals surface area contributed by atoms with Crippen molar-refractivity contribution in [1.82, 2.24) is 9.97 Å². The van der Waals surface area contributed by atoms with E-state index in [1.807, 2.05) is 0 Å². The van der Waals surface area contributed by atoms with Crippen molar-refractivity contribution in [3.05, 3.63) is 18.1 Å². The molecule has 0 fully saturated rings. The zero-order valence-electron chi connectivity index (χ0n) is 7.77. The molecule has 0 aliphatic heterocycles. The van der Waals surface area contributed by atoms with Crippen molar-refractivity contribution in [2.45, 2.75) is 13.0 Å². The van der Waals surface area contributed by atoms with Gasteiger partial charge >= 0.3 is 0 Å². The van der Waals surface area contributed by atoms with Gasteiger partial charge in [-0.05, 0) is 6.92 Å². The molecule has 1 rings (SSSR count). The van der Waals surface area contributed by atoms with Gasteiger partial charge in [0, 0.05) is 12.4 Å². The number of hydrogen-bond donors (Lipinski definition) is 3. The first-order valence-corrected chi connectivity index (χ1v) is 4.10. The lowest BCUT2D eigenvalue weighted by Gasteiger charge is -2.09. The van der Waals surface area contributed by atoms with E-state index in [9.17, 15) is 4.79 Å². The van der Waals surface area contributed by atoms with Gasteiger partial charge in [-0.1, -0.05) is 0 Å². The summed E-state index contributed by atoms with van der Waals surface area (Å²) in [5.41, 5.74) is 5.57. The Bertz CT molecular complexity index is 329. The molecule has 76 valence electrons. The second-order valence-corrected chi connectivity index (χ2v) is 2.79. The summed E-state index contributed by atoms with van der Waals surface area (Å²) < 4.78 is 0. The average molecular weight is 196 g/mol. The summed E-state index contributed by atoms with van der Waals surface area (Å²) in [6.45, 7) is 1.81. The van der Waals surface area contributed by atoms with E-state index in [-0.39, 0.29) is 6.54 Å². The van der Waals surface area contributed by atoms with Crippen LogP contribution in [0.15, 0.2) is 12.4 Å². The summed E-state index contributed by atoms with van der Waals surface area (Å²) >= 11 is 0. The number of aliphatic hydroxyl groups is 1. The van der Waals surface area contributed by atoms with E-state index in [4.69, 9.17) is 10.8 Å². The predicted molar refractivity (Wildman–Crippen MR) is 50.5 cm³/mol. The number of primary amides is 1. The number of nitrogens with zero attached hydrogens (tertiary/aromatic N) is 2. The molecule has 0 aliphatic carbocycles. The van der Waals surface area contributed by atoms with Crippen LogP contribution < -0.4 is 11.1 Å². The van der Waals surface area contributed by atoms with Gasteiger partial charge in [-0.2, -0.15) is 0 Å². The zero-order valence-corrected chi connectivity index (χ0v) is 7.77. The monoisotopic (exact) mass is 196 g/mol. The molecule has 0 saturated carbocycles. The number of carbonyl (C=O) groups excluding carboxylic acids is 1. The van der Waals surface area contributed by atoms with Crippen molar-refractivity contribution in [3.63, 3.8) is 0 Å². The topological polar surface area (TPSA) is 101 Å². The summed E-state index contributed by atoms with van der Waals surface area (Å²) in [6, 6.07) is 0. The lowest BCUT2D eigenvalue weighted by atomic mass is 10.3. The van der Waals surface area contributed by atoms with Gasteiger partial charge in [0.05, 0.1) is 12.2 Å². The number of carbonyl (C=O) groups is 1. The highest BCUT2D eigenvalue weighted by Gasteiger charge is 2.10. The Hall–Kier alpha value is -1.69. The van der Waals surface area contributed by atoms with Gasteiger partial charge in [0.2, 0.25) is 5.91 Å². The third kappa shape index (κ3) is 2.67. The van der Waals surface area contributed by atoms with Crippen molar-refractivity contribution >= 4 is 11.7 Å². The molecule has 0 bridgehead atoms. The number of hydrogen-bond acceptors (Lipinski definition) is 5. The Kier molecular flexibility index (Phi) is 3.35. The predicted octanol–water partition coefficient (Wildman–Crippen LogP) is -0.957. The minimum absolute atomic E-state index is 0.0366. The third-order valence-corrected chi connectivity index (χ3v) is 1.67. The quantitative estimate of drug-likeness (QED) is 0.576. The van der Waals surface area contributed by atoms with Crippen LogP contribution in [-0.2, 0) is 4.79 Å². The number of nitrogens with one attached hydrogen (secondary N) is 1. The highest BCUT2D eigenvalue weighted by molar-refractivity contribution is 5.79. The van der Waals surface area contributed by atoms with Gasteiger partial charge in [0.1, 0.15) is 11.9 Å². The fourth-order valence-electron chi connectivity index (χ4n) is 0.875. The molecule has 14 heavy (non-hydrogen) atoms. The molecule has 1 unspecified atom stereocenters. The number of anilines is 1. The number of amides is 1. The van der Waals surface area contributed by atoms with Crippen LogP contribution in [0.4, 0.5) is 5.82 Å². The summed E-state index contributed by atoms with van der Waals surface area (Å²) in [4.78, 5) is 18.5. The van der Waals surface area contributed by atoms with Crippen molar-refractivity contribution < 1.29 is 9.90 Å². The summed E-state index contributed by atoms with van der Waals surface area (Å²) in [7, 11) is 0. The molecule has 6 heteroatoms. The van der Waals surface area contributed by atoms with Crippen LogP contribution in [0, 0.1) is 6.92 Å². The number of nitrogens with two attached hydrogens (primary N) is 1. The third-order valence-electron chi connectivity index (χ3n) is 1.67. The summed E-state index contributed by atoms with van der Waals surface area (Å²) in [5, 5.41) is 11.9. The molecule has 6 nitrogen and oxygen atoms in total. The molecule has 0 aliphatic rings. The van der Waals surface area contributed by atoms with Crippen LogP contribution >= 0.6 is 0 Å². The van der Waals surface area contributed by atoms with Crippen molar-refractivity contribution in [2.24, 2.45) is 5.73 Å². The van der Waals surface area contributed by atoms with Crippen LogP contribution in [0.5, 0.6) is 0 Å². The molecule has 0 aromatic carbocycles. The van der Waals surface area contributed by atoms with E-state index in [0.717, 1.165) is 0 Å². The lowest BCUT2D eigenvalue weighted by molar-refractivity contribution is -0.125. The maximum absolute atomic E-state index is 10.5. The first-order valence-electron chi connectivity index (χ1n) is 4.10. The van der Waals surface area contributed by atoms with Gasteiger partial charge in [-0.15, -0.1) is 0 Å². The molecule has 4 N–H and O–H groups in total. The normalized spacial score (nSPS) is 12.1. The molecule has 1 aromatic rings. The highest BCUT2D eigenvalue weighted by Crippen LogP contribution is 2.05. The zero-order chi connectivity index (χ0) is 10.6. The smallest absolute Gasteiger partial charge is 0.248 e. The standard InChI is InChI=1S/C8H12N4O2/c1-5-8(11-3-2-10-5)12-4-6(13)7(9)14/h2-3,6,13H,4H2,1H3,(H2,9,14)(H,11,12). The van der Waals surface area contributed by atoms with Crippen LogP contribution in [-0.4, -0.2) is 33.6 Å². The molecule has 0 spiro atoms. The maximum atomic E-state index is 10.5. The molecular formula is C8H12N4O2. The number of rotatable bonds is 4. The van der Waals surface area contributed by atoms with Gasteiger partial charge in [0.25, 0.3) is 0 Å². The number of aromatic nitrogens is 2. The van der Waals surface area contributed by atoms with E-state index < -0.39 is 12.0 Å². The van der Waals surface area contributed by atoms with Gasteiger partial charge < -0.3 is 16.2 Å². The van der Waals surface area contributed by atoms with Crippen LogP contribution in [0.25, 0.3) is 0 Å². The lowest BCUT2D eigenvalue weighted by Crippen LogP contribution is -2.34. The first-order chi connectivity index (χ1) is 6.61. The first kappa shape index (κ1) is 10.4. The Labute approximate surface area is 81.2 Å². The Morgan fingerprint density at radius 1 is 1.64 bits per heavy atom. The summed E-state index contributed by atoms with van der Waals surface area (Å²) in [6.07, 6.45) is 1.87. The van der Waals surface area contributed by atoms with Crippen molar-refractivity contribution in [1.29, 1.82) is 0 Å². The Balaban J connectivity index is 2.54. The van der Waals surface area contributed by atoms with Gasteiger partial charge in [-0.25, -0.2) is 4.98 Å². The molecule has 0 radical (unpaired) electrons. The SMILES string of the molecule is Cc1nccnc1NCC(O)C(N)=O. The molecular weight excluding hydrogens is 184 g/mol. The molecule has 0 saturated heterocycles. The number of aryl methyl sites for hydroxylation is 1. The molecule has 1 heterocycles. The highest BCUT2D eigenvalue weighted by atomic mass is 16.3. The maximum Gasteiger partial charge on any atom is 0.248 e. The fraction of sp³-hybridized carbons (Fsp3) is 0.375. The summed E-state index contributed by atoms with van der Waals surface area (Å²) in [5.74, 6) is -0.230. The van der Waals surface area contributed by atoms with Crippen LogP contribution in [0.1, 0.15) is 5.69 Å². The Morgan fingerprint density at radius 2 is 2.29 bits per heavy atom. The van der Waals surface area contributed by atoms with E-state index in [1.54, 1.807) is 13.1 Å². The minimum atomic E-state index is -1.21. The second kappa shape index (κ2) is 4.52. The van der Waals surface area contributed by atoms with Crippen molar-refractivity contribution in [3.8, 4) is 0 Å². The van der Waals surface area contributed by atoms with Crippen LogP contribution in [0.3, 0.4) is 0 Å². The number of aliphatic hydroxyl groups excluding tert-OH is 1. The van der Waals surface area contributed by atoms with E-state index in [2.05, 4.69) is 15.3 Å². The molecule has 1 aromatic heterocycles. The largest absolute Gasteiger partial charge is 0.381 e. The van der Waals surface area contributed by atoms with Gasteiger partial charge in [-0.3, -0.25) is 9.78 Å². The minimum Gasteiger partial charge on any atom is -0.381 e. The second-order valence-electron chi connectivity index (χ2n) is 2.79. The molecule has 1 atom stereocenters. The fourth-order valence-corrected chi connectivity index (χ4v) is 0.875. The molecule has 1 amide bonds.